The molecule has 0 atom stereocenters. The molecule has 1 aromatic rings. The van der Waals surface area contributed by atoms with Gasteiger partial charge in [-0.2, -0.15) is 13.2 Å². The average Bonchev–Trinajstić information content (AvgIpc) is 3.09. The predicted octanol–water partition coefficient (Wildman–Crippen LogP) is 2.71. The summed E-state index contributed by atoms with van der Waals surface area (Å²) in [5.41, 5.74) is 4.20. The van der Waals surface area contributed by atoms with Gasteiger partial charge in [0.2, 0.25) is 5.91 Å². The molecule has 0 heterocycles. The number of carbonyl (C=O) groups is 1. The molecule has 102 valence electrons. The number of nitrogens with one attached hydrogen (secondary N) is 1. The fourth-order valence-corrected chi connectivity index (χ4v) is 2.00. The van der Waals surface area contributed by atoms with Crippen LogP contribution in [0.4, 0.5) is 18.9 Å². The molecule has 0 bridgehead atoms. The van der Waals surface area contributed by atoms with Crippen LogP contribution >= 0.6 is 12.2 Å². The Hall–Kier alpha value is -1.63. The molecule has 0 unspecified atom stereocenters. The molecule has 3 N–H and O–H groups in total. The Labute approximate surface area is 113 Å². The molecule has 0 aromatic heterocycles. The number of carbonyl (C=O) groups excluding carboxylic acids is 1. The maximum atomic E-state index is 12.4. The summed E-state index contributed by atoms with van der Waals surface area (Å²) in [6.45, 7) is 0. The lowest BCUT2D eigenvalue weighted by Gasteiger charge is -2.14. The first-order valence-electron chi connectivity index (χ1n) is 5.54. The van der Waals surface area contributed by atoms with Crippen molar-refractivity contribution in [2.45, 2.75) is 19.0 Å². The second kappa shape index (κ2) is 4.48. The van der Waals surface area contributed by atoms with E-state index < -0.39 is 17.2 Å². The minimum atomic E-state index is -4.39. The van der Waals surface area contributed by atoms with Crippen LogP contribution in [0.1, 0.15) is 18.4 Å². The van der Waals surface area contributed by atoms with Gasteiger partial charge in [0.15, 0.2) is 0 Å². The van der Waals surface area contributed by atoms with Crippen LogP contribution in [0.2, 0.25) is 0 Å². The first-order valence-corrected chi connectivity index (χ1v) is 5.95. The van der Waals surface area contributed by atoms with Gasteiger partial charge in [-0.1, -0.05) is 12.2 Å². The standard InChI is InChI=1S/C12H11F3N2OS/c13-12(14,15)7-1-3-8(4-2-7)17-10(18)11(5-6-11)9(16)19/h1-4H,5-6H2,(H2,16,19)(H,17,18). The number of benzene rings is 1. The second-order valence-corrected chi connectivity index (χ2v) is 4.92. The van der Waals surface area contributed by atoms with Crippen LogP contribution < -0.4 is 11.1 Å². The van der Waals surface area contributed by atoms with Crippen LogP contribution in [0.25, 0.3) is 0 Å². The van der Waals surface area contributed by atoms with Crippen molar-refractivity contribution in [2.24, 2.45) is 11.1 Å². The number of alkyl halides is 3. The maximum absolute atomic E-state index is 12.4. The average molecular weight is 288 g/mol. The van der Waals surface area contributed by atoms with E-state index in [1.165, 1.54) is 12.1 Å². The van der Waals surface area contributed by atoms with Crippen molar-refractivity contribution < 1.29 is 18.0 Å². The molecule has 0 aliphatic heterocycles. The molecule has 3 nitrogen and oxygen atoms in total. The monoisotopic (exact) mass is 288 g/mol. The maximum Gasteiger partial charge on any atom is 0.416 e. The summed E-state index contributed by atoms with van der Waals surface area (Å²) in [6, 6.07) is 4.23. The Morgan fingerprint density at radius 1 is 1.26 bits per heavy atom. The van der Waals surface area contributed by atoms with Crippen LogP contribution in [-0.2, 0) is 11.0 Å². The smallest absolute Gasteiger partial charge is 0.392 e. The van der Waals surface area contributed by atoms with Crippen molar-refractivity contribution in [1.82, 2.24) is 0 Å². The Morgan fingerprint density at radius 3 is 2.16 bits per heavy atom. The number of halogens is 3. The number of thiocarbonyl (C=S) groups is 1. The highest BCUT2D eigenvalue weighted by molar-refractivity contribution is 7.80. The van der Waals surface area contributed by atoms with Gasteiger partial charge in [-0.25, -0.2) is 0 Å². The normalized spacial score (nSPS) is 16.8. The summed E-state index contributed by atoms with van der Waals surface area (Å²) in [5, 5.41) is 2.53. The number of anilines is 1. The van der Waals surface area contributed by atoms with Gasteiger partial charge in [0.25, 0.3) is 0 Å². The molecule has 0 saturated heterocycles. The number of amides is 1. The quantitative estimate of drug-likeness (QED) is 0.841. The summed E-state index contributed by atoms with van der Waals surface area (Å²) in [4.78, 5) is 12.0. The van der Waals surface area contributed by atoms with Crippen LogP contribution in [0.15, 0.2) is 24.3 Å². The summed E-state index contributed by atoms with van der Waals surface area (Å²) in [7, 11) is 0. The molecule has 1 aromatic carbocycles. The summed E-state index contributed by atoms with van der Waals surface area (Å²) < 4.78 is 37.1. The van der Waals surface area contributed by atoms with Crippen molar-refractivity contribution in [3.05, 3.63) is 29.8 Å². The number of hydrogen-bond acceptors (Lipinski definition) is 2. The minimum Gasteiger partial charge on any atom is -0.392 e. The molecule has 1 aliphatic rings. The Balaban J connectivity index is 2.09. The van der Waals surface area contributed by atoms with Crippen LogP contribution in [0.5, 0.6) is 0 Å². The van der Waals surface area contributed by atoms with Crippen molar-refractivity contribution in [1.29, 1.82) is 0 Å². The van der Waals surface area contributed by atoms with E-state index in [0.717, 1.165) is 12.1 Å². The summed E-state index contributed by atoms with van der Waals surface area (Å²) >= 11 is 4.82. The molecule has 1 amide bonds. The van der Waals surface area contributed by atoms with E-state index in [4.69, 9.17) is 18.0 Å². The van der Waals surface area contributed by atoms with Crippen LogP contribution in [0.3, 0.4) is 0 Å². The lowest BCUT2D eigenvalue weighted by atomic mass is 10.1. The molecule has 1 fully saturated rings. The van der Waals surface area contributed by atoms with Crippen LogP contribution in [0, 0.1) is 5.41 Å². The zero-order valence-corrected chi connectivity index (χ0v) is 10.6. The third kappa shape index (κ3) is 2.70. The van der Waals surface area contributed by atoms with Gasteiger partial charge in [0, 0.05) is 5.69 Å². The molecule has 1 aliphatic carbocycles. The van der Waals surface area contributed by atoms with Gasteiger partial charge in [-0.05, 0) is 37.1 Å². The Kier molecular flexibility index (Phi) is 3.25. The minimum absolute atomic E-state index is 0.122. The molecule has 0 radical (unpaired) electrons. The third-order valence-electron chi connectivity index (χ3n) is 3.13. The SMILES string of the molecule is NC(=S)C1(C(=O)Nc2ccc(C(F)(F)F)cc2)CC1. The predicted molar refractivity (Wildman–Crippen MR) is 68.5 cm³/mol. The lowest BCUT2D eigenvalue weighted by Crippen LogP contribution is -2.35. The highest BCUT2D eigenvalue weighted by atomic mass is 32.1. The fraction of sp³-hybridized carbons (Fsp3) is 0.333. The molecule has 19 heavy (non-hydrogen) atoms. The highest BCUT2D eigenvalue weighted by Gasteiger charge is 2.52. The fourth-order valence-electron chi connectivity index (χ4n) is 1.70. The van der Waals surface area contributed by atoms with Gasteiger partial charge in [0.1, 0.15) is 0 Å². The number of hydrogen-bond donors (Lipinski definition) is 2. The number of rotatable bonds is 3. The molecule has 7 heteroatoms. The van der Waals surface area contributed by atoms with Gasteiger partial charge < -0.3 is 11.1 Å². The van der Waals surface area contributed by atoms with E-state index in [2.05, 4.69) is 5.32 Å². The number of nitrogens with two attached hydrogens (primary N) is 1. The van der Waals surface area contributed by atoms with E-state index in [0.29, 0.717) is 18.5 Å². The molecular weight excluding hydrogens is 277 g/mol. The van der Waals surface area contributed by atoms with E-state index in [1.54, 1.807) is 0 Å². The molecule has 0 spiro atoms. The summed E-state index contributed by atoms with van der Waals surface area (Å²) in [5.74, 6) is -0.361. The molecule has 1 saturated carbocycles. The third-order valence-corrected chi connectivity index (χ3v) is 3.52. The largest absolute Gasteiger partial charge is 0.416 e. The van der Waals surface area contributed by atoms with E-state index in [9.17, 15) is 18.0 Å². The first kappa shape index (κ1) is 13.8. The zero-order valence-electron chi connectivity index (χ0n) is 9.75. The topological polar surface area (TPSA) is 55.1 Å². The van der Waals surface area contributed by atoms with Gasteiger partial charge >= 0.3 is 6.18 Å². The molecule has 2 rings (SSSR count). The Morgan fingerprint density at radius 2 is 1.79 bits per heavy atom. The van der Waals surface area contributed by atoms with Crippen molar-refractivity contribution in [2.75, 3.05) is 5.32 Å². The first-order chi connectivity index (χ1) is 8.75. The van der Waals surface area contributed by atoms with Gasteiger partial charge in [-0.15, -0.1) is 0 Å². The summed E-state index contributed by atoms with van der Waals surface area (Å²) in [6.07, 6.45) is -3.23. The van der Waals surface area contributed by atoms with Crippen molar-refractivity contribution >= 4 is 28.8 Å². The lowest BCUT2D eigenvalue weighted by molar-refractivity contribution is -0.137. The van der Waals surface area contributed by atoms with Crippen LogP contribution in [-0.4, -0.2) is 10.9 Å². The van der Waals surface area contributed by atoms with Crippen molar-refractivity contribution in [3.8, 4) is 0 Å². The van der Waals surface area contributed by atoms with Gasteiger partial charge in [0.05, 0.1) is 16.0 Å². The van der Waals surface area contributed by atoms with E-state index in [1.807, 2.05) is 0 Å². The van der Waals surface area contributed by atoms with Crippen molar-refractivity contribution in [3.63, 3.8) is 0 Å². The molecular formula is C12H11F3N2OS. The van der Waals surface area contributed by atoms with E-state index in [-0.39, 0.29) is 10.9 Å². The Bertz CT molecular complexity index is 521. The zero-order chi connectivity index (χ0) is 14.3. The van der Waals surface area contributed by atoms with E-state index >= 15 is 0 Å². The highest BCUT2D eigenvalue weighted by Crippen LogP contribution is 2.46. The second-order valence-electron chi connectivity index (χ2n) is 4.48. The van der Waals surface area contributed by atoms with Gasteiger partial charge in [-0.3, -0.25) is 4.79 Å².